The molecule has 4 aromatic carbocycles. The molecule has 0 spiro atoms. The van der Waals surface area contributed by atoms with Crippen molar-refractivity contribution in [2.75, 3.05) is 6.61 Å². The fourth-order valence-corrected chi connectivity index (χ4v) is 10.5. The Hall–Kier alpha value is -3.17. The first kappa shape index (κ1) is 31.3. The lowest BCUT2D eigenvalue weighted by molar-refractivity contribution is -0.296. The summed E-state index contributed by atoms with van der Waals surface area (Å²) in [7, 11) is -2.95. The molecule has 0 unspecified atom stereocenters. The fourth-order valence-electron chi connectivity index (χ4n) is 5.88. The summed E-state index contributed by atoms with van der Waals surface area (Å²) in [5.74, 6) is 0. The third kappa shape index (κ3) is 7.15. The number of rotatable bonds is 11. The molecule has 4 aromatic rings. The minimum atomic E-state index is -2.95. The minimum Gasteiger partial charge on any atom is -0.405 e. The van der Waals surface area contributed by atoms with E-state index in [1.54, 1.807) is 0 Å². The van der Waals surface area contributed by atoms with E-state index >= 15 is 4.39 Å². The molecule has 1 aliphatic rings. The number of benzene rings is 4. The van der Waals surface area contributed by atoms with E-state index in [0.717, 1.165) is 21.5 Å². The van der Waals surface area contributed by atoms with Gasteiger partial charge in [0.1, 0.15) is 18.3 Å². The molecule has 43 heavy (non-hydrogen) atoms. The Morgan fingerprint density at radius 3 is 1.53 bits per heavy atom. The Kier molecular flexibility index (Phi) is 10.2. The maximum Gasteiger partial charge on any atom is 0.261 e. The first-order valence-electron chi connectivity index (χ1n) is 14.8. The van der Waals surface area contributed by atoms with Gasteiger partial charge in [-0.1, -0.05) is 142 Å². The highest BCUT2D eigenvalue weighted by molar-refractivity contribution is 6.99. The molecule has 5 nitrogen and oxygen atoms in total. The van der Waals surface area contributed by atoms with Crippen LogP contribution in [0.15, 0.2) is 121 Å². The first-order valence-corrected chi connectivity index (χ1v) is 16.7. The fraction of sp³-hybridized carbons (Fsp3) is 0.333. The number of hydrogen-bond donors (Lipinski definition) is 1. The van der Waals surface area contributed by atoms with Gasteiger partial charge in [0.25, 0.3) is 8.32 Å². The standard InChI is InChI=1S/C36H41FO5Si/c1-36(2,3)43(29-20-12-6-13-21-29,30-22-14-7-15-23-30)41-26-31-32(37)33(39-24-27-16-8-4-9-17-27)34(35(38)42-31)40-25-28-18-10-5-11-19-28/h4-23,31-35,38H,24-26H2,1-3H3/t31-,32-,33+,34-,35+/m1/s1. The van der Waals surface area contributed by atoms with Crippen molar-refractivity contribution in [3.63, 3.8) is 0 Å². The second kappa shape index (κ2) is 14.1. The molecule has 0 aromatic heterocycles. The van der Waals surface area contributed by atoms with E-state index in [0.29, 0.717) is 0 Å². The van der Waals surface area contributed by atoms with E-state index in [9.17, 15) is 5.11 Å². The summed E-state index contributed by atoms with van der Waals surface area (Å²) >= 11 is 0. The van der Waals surface area contributed by atoms with Gasteiger partial charge in [0, 0.05) is 0 Å². The van der Waals surface area contributed by atoms with E-state index in [4.69, 9.17) is 18.6 Å². The number of aliphatic hydroxyl groups excluding tert-OH is 1. The van der Waals surface area contributed by atoms with Crippen LogP contribution in [0.2, 0.25) is 5.04 Å². The lowest BCUT2D eigenvalue weighted by atomic mass is 10.00. The van der Waals surface area contributed by atoms with Crippen LogP contribution in [0.1, 0.15) is 31.9 Å². The predicted molar refractivity (Wildman–Crippen MR) is 169 cm³/mol. The van der Waals surface area contributed by atoms with Gasteiger partial charge in [0.15, 0.2) is 12.5 Å². The number of halogens is 1. The van der Waals surface area contributed by atoms with Gasteiger partial charge in [-0.15, -0.1) is 0 Å². The second-order valence-electron chi connectivity index (χ2n) is 12.0. The van der Waals surface area contributed by atoms with Crippen molar-refractivity contribution >= 4 is 18.7 Å². The van der Waals surface area contributed by atoms with E-state index in [-0.39, 0.29) is 24.9 Å². The van der Waals surface area contributed by atoms with Crippen LogP contribution in [0.3, 0.4) is 0 Å². The van der Waals surface area contributed by atoms with Gasteiger partial charge >= 0.3 is 0 Å². The molecule has 5 atom stereocenters. The van der Waals surface area contributed by atoms with E-state index in [1.807, 2.05) is 97.1 Å². The summed E-state index contributed by atoms with van der Waals surface area (Å²) in [6.07, 6.45) is -6.16. The summed E-state index contributed by atoms with van der Waals surface area (Å²) in [5, 5.41) is 13.1. The van der Waals surface area contributed by atoms with Crippen LogP contribution in [0.5, 0.6) is 0 Å². The third-order valence-corrected chi connectivity index (χ3v) is 13.0. The molecule has 1 aliphatic heterocycles. The first-order chi connectivity index (χ1) is 20.8. The highest BCUT2D eigenvalue weighted by Gasteiger charge is 2.53. The van der Waals surface area contributed by atoms with Gasteiger partial charge < -0.3 is 23.7 Å². The lowest BCUT2D eigenvalue weighted by Gasteiger charge is -2.46. The minimum absolute atomic E-state index is 0.0535. The highest BCUT2D eigenvalue weighted by atomic mass is 28.4. The van der Waals surface area contributed by atoms with Gasteiger partial charge in [0.05, 0.1) is 19.8 Å². The molecule has 1 fully saturated rings. The van der Waals surface area contributed by atoms with Gasteiger partial charge in [0.2, 0.25) is 0 Å². The van der Waals surface area contributed by atoms with Crippen molar-refractivity contribution in [2.45, 2.75) is 69.8 Å². The zero-order valence-electron chi connectivity index (χ0n) is 25.0. The van der Waals surface area contributed by atoms with Crippen LogP contribution in [-0.2, 0) is 31.9 Å². The van der Waals surface area contributed by atoms with Crippen molar-refractivity contribution in [3.05, 3.63) is 132 Å². The second-order valence-corrected chi connectivity index (χ2v) is 16.3. The number of ether oxygens (including phenoxy) is 3. The molecule has 5 rings (SSSR count). The van der Waals surface area contributed by atoms with Crippen LogP contribution in [0.25, 0.3) is 0 Å². The number of aliphatic hydroxyl groups is 1. The molecule has 0 saturated carbocycles. The lowest BCUT2D eigenvalue weighted by Crippen LogP contribution is -2.68. The topological polar surface area (TPSA) is 57.2 Å². The van der Waals surface area contributed by atoms with E-state index in [1.165, 1.54) is 0 Å². The van der Waals surface area contributed by atoms with Gasteiger partial charge in [-0.25, -0.2) is 4.39 Å². The van der Waals surface area contributed by atoms with Crippen LogP contribution < -0.4 is 10.4 Å². The molecule has 0 radical (unpaired) electrons. The quantitative estimate of drug-likeness (QED) is 0.221. The monoisotopic (exact) mass is 600 g/mol. The van der Waals surface area contributed by atoms with Gasteiger partial charge in [-0.2, -0.15) is 0 Å². The maximum absolute atomic E-state index is 16.5. The molecular weight excluding hydrogens is 559 g/mol. The molecule has 0 amide bonds. The third-order valence-electron chi connectivity index (χ3n) is 8.04. The van der Waals surface area contributed by atoms with E-state index < -0.39 is 39.1 Å². The van der Waals surface area contributed by atoms with Crippen LogP contribution in [0, 0.1) is 0 Å². The molecule has 1 heterocycles. The highest BCUT2D eigenvalue weighted by Crippen LogP contribution is 2.38. The normalized spacial score (nSPS) is 22.8. The molecule has 226 valence electrons. The van der Waals surface area contributed by atoms with Gasteiger partial charge in [-0.05, 0) is 26.5 Å². The summed E-state index contributed by atoms with van der Waals surface area (Å²) in [5.41, 5.74) is 1.81. The van der Waals surface area contributed by atoms with Crippen LogP contribution >= 0.6 is 0 Å². The molecule has 1 saturated heterocycles. The Bertz CT molecular complexity index is 1350. The smallest absolute Gasteiger partial charge is 0.261 e. The summed E-state index contributed by atoms with van der Waals surface area (Å²) in [6, 6.07) is 39.5. The summed E-state index contributed by atoms with van der Waals surface area (Å²) in [6.45, 7) is 6.81. The maximum atomic E-state index is 16.5. The molecule has 0 bridgehead atoms. The number of alkyl halides is 1. The van der Waals surface area contributed by atoms with Crippen molar-refractivity contribution in [2.24, 2.45) is 0 Å². The van der Waals surface area contributed by atoms with E-state index in [2.05, 4.69) is 45.0 Å². The summed E-state index contributed by atoms with van der Waals surface area (Å²) < 4.78 is 41.7. The Morgan fingerprint density at radius 2 is 1.09 bits per heavy atom. The SMILES string of the molecule is CC(C)(C)[Si](OC[C@H]1O[C@H](O)[C@H](OCc2ccccc2)[C@@H](OCc2ccccc2)[C@@H]1F)(c1ccccc1)c1ccccc1. The Balaban J connectivity index is 1.41. The predicted octanol–water partition coefficient (Wildman–Crippen LogP) is 5.79. The zero-order chi connectivity index (χ0) is 30.3. The molecule has 1 N–H and O–H groups in total. The van der Waals surface area contributed by atoms with Crippen molar-refractivity contribution in [1.29, 1.82) is 0 Å². The Morgan fingerprint density at radius 1 is 0.674 bits per heavy atom. The van der Waals surface area contributed by atoms with Crippen LogP contribution in [0.4, 0.5) is 4.39 Å². The molecular formula is C36H41FO5Si. The largest absolute Gasteiger partial charge is 0.405 e. The molecule has 7 heteroatoms. The molecule has 0 aliphatic carbocycles. The van der Waals surface area contributed by atoms with Gasteiger partial charge in [-0.3, -0.25) is 0 Å². The van der Waals surface area contributed by atoms with Crippen molar-refractivity contribution in [3.8, 4) is 0 Å². The van der Waals surface area contributed by atoms with Crippen molar-refractivity contribution < 1.29 is 28.1 Å². The van der Waals surface area contributed by atoms with Crippen molar-refractivity contribution in [1.82, 2.24) is 0 Å². The average Bonchev–Trinajstić information content (AvgIpc) is 3.03. The van der Waals surface area contributed by atoms with Crippen LogP contribution in [-0.4, -0.2) is 50.8 Å². The summed E-state index contributed by atoms with van der Waals surface area (Å²) in [4.78, 5) is 0. The number of hydrogen-bond acceptors (Lipinski definition) is 5. The Labute approximate surface area is 255 Å². The average molecular weight is 601 g/mol. The zero-order valence-corrected chi connectivity index (χ0v) is 26.0.